The Kier molecular flexibility index (Phi) is 4.45. The first-order chi connectivity index (χ1) is 9.46. The average Bonchev–Trinajstić information content (AvgIpc) is 2.42. The molecule has 2 N–H and O–H groups in total. The van der Waals surface area contributed by atoms with E-state index in [1.807, 2.05) is 30.3 Å². The highest BCUT2D eigenvalue weighted by Crippen LogP contribution is 2.42. The summed E-state index contributed by atoms with van der Waals surface area (Å²) in [4.78, 5) is 11.4. The predicted molar refractivity (Wildman–Crippen MR) is 77.8 cm³/mol. The van der Waals surface area contributed by atoms with Gasteiger partial charge >= 0.3 is 5.97 Å². The quantitative estimate of drug-likeness (QED) is 0.837. The van der Waals surface area contributed by atoms with Crippen LogP contribution in [0.3, 0.4) is 0 Å². The summed E-state index contributed by atoms with van der Waals surface area (Å²) in [5, 5.41) is 12.8. The minimum atomic E-state index is -0.788. The molecule has 1 fully saturated rings. The summed E-state index contributed by atoms with van der Waals surface area (Å²) < 4.78 is 5.41. The van der Waals surface area contributed by atoms with Gasteiger partial charge in [-0.3, -0.25) is 4.79 Å². The van der Waals surface area contributed by atoms with Crippen molar-refractivity contribution in [3.05, 3.63) is 35.9 Å². The Bertz CT molecular complexity index is 458. The van der Waals surface area contributed by atoms with Crippen LogP contribution in [0.1, 0.15) is 31.7 Å². The van der Waals surface area contributed by atoms with Crippen LogP contribution in [0.4, 0.5) is 0 Å². The van der Waals surface area contributed by atoms with Crippen molar-refractivity contribution in [2.75, 3.05) is 13.7 Å². The lowest BCUT2D eigenvalue weighted by molar-refractivity contribution is -0.139. The van der Waals surface area contributed by atoms with E-state index in [1.54, 1.807) is 7.11 Å². The number of carboxylic acids is 1. The van der Waals surface area contributed by atoms with Crippen molar-refractivity contribution < 1.29 is 14.6 Å². The maximum atomic E-state index is 11.4. The minimum Gasteiger partial charge on any atom is -0.481 e. The molecule has 3 unspecified atom stereocenters. The van der Waals surface area contributed by atoms with Crippen LogP contribution in [0.5, 0.6) is 0 Å². The number of aliphatic carboxylic acids is 1. The number of methoxy groups -OCH3 is 1. The van der Waals surface area contributed by atoms with Gasteiger partial charge in [0, 0.05) is 25.1 Å². The Hall–Kier alpha value is -1.39. The van der Waals surface area contributed by atoms with Crippen molar-refractivity contribution in [2.24, 2.45) is 5.41 Å². The lowest BCUT2D eigenvalue weighted by Gasteiger charge is -2.51. The van der Waals surface area contributed by atoms with E-state index in [0.717, 1.165) is 12.0 Å². The van der Waals surface area contributed by atoms with E-state index in [0.29, 0.717) is 12.6 Å². The lowest BCUT2D eigenvalue weighted by Crippen LogP contribution is -2.61. The second-order valence-electron chi connectivity index (χ2n) is 6.04. The number of benzene rings is 1. The van der Waals surface area contributed by atoms with Crippen LogP contribution in [0.2, 0.25) is 0 Å². The third-order valence-electron chi connectivity index (χ3n) is 4.53. The van der Waals surface area contributed by atoms with Gasteiger partial charge in [-0.1, -0.05) is 44.2 Å². The molecule has 1 aromatic rings. The van der Waals surface area contributed by atoms with Gasteiger partial charge in [0.25, 0.3) is 0 Å². The van der Waals surface area contributed by atoms with Gasteiger partial charge in [0.05, 0.1) is 12.0 Å². The number of ether oxygens (including phenoxy) is 1. The molecule has 1 saturated carbocycles. The first-order valence-electron chi connectivity index (χ1n) is 7.00. The molecule has 0 heterocycles. The molecule has 1 aliphatic carbocycles. The van der Waals surface area contributed by atoms with Crippen LogP contribution >= 0.6 is 0 Å². The highest BCUT2D eigenvalue weighted by molar-refractivity contribution is 5.76. The number of carboxylic acid groups (broad SMARTS) is 1. The topological polar surface area (TPSA) is 58.6 Å². The van der Waals surface area contributed by atoms with Crippen molar-refractivity contribution in [1.82, 2.24) is 5.32 Å². The Balaban J connectivity index is 1.97. The van der Waals surface area contributed by atoms with E-state index in [4.69, 9.17) is 4.74 Å². The minimum absolute atomic E-state index is 0.0501. The maximum absolute atomic E-state index is 11.4. The molecule has 0 amide bonds. The van der Waals surface area contributed by atoms with Gasteiger partial charge < -0.3 is 15.2 Å². The van der Waals surface area contributed by atoms with Crippen molar-refractivity contribution >= 4 is 5.97 Å². The molecule has 4 nitrogen and oxygen atoms in total. The Morgan fingerprint density at radius 2 is 2.10 bits per heavy atom. The third kappa shape index (κ3) is 2.86. The summed E-state index contributed by atoms with van der Waals surface area (Å²) in [5.74, 6) is -1.29. The first-order valence-corrected chi connectivity index (χ1v) is 7.00. The van der Waals surface area contributed by atoms with E-state index in [2.05, 4.69) is 19.2 Å². The molecule has 20 heavy (non-hydrogen) atoms. The normalized spacial score (nSPS) is 25.8. The number of hydrogen-bond donors (Lipinski definition) is 2. The lowest BCUT2D eigenvalue weighted by atomic mass is 9.64. The molecular formula is C16H23NO3. The second kappa shape index (κ2) is 5.94. The largest absolute Gasteiger partial charge is 0.481 e. The van der Waals surface area contributed by atoms with E-state index < -0.39 is 11.9 Å². The fourth-order valence-electron chi connectivity index (χ4n) is 2.93. The van der Waals surface area contributed by atoms with Gasteiger partial charge in [0.2, 0.25) is 0 Å². The van der Waals surface area contributed by atoms with E-state index in [9.17, 15) is 9.90 Å². The summed E-state index contributed by atoms with van der Waals surface area (Å²) in [6.45, 7) is 4.76. The van der Waals surface area contributed by atoms with Gasteiger partial charge in [-0.2, -0.15) is 0 Å². The van der Waals surface area contributed by atoms with Gasteiger partial charge in [-0.05, 0) is 12.0 Å². The number of nitrogens with one attached hydrogen (secondary N) is 1. The summed E-state index contributed by atoms with van der Waals surface area (Å²) in [5.41, 5.74) is 0.891. The van der Waals surface area contributed by atoms with E-state index >= 15 is 0 Å². The zero-order valence-electron chi connectivity index (χ0n) is 12.3. The maximum Gasteiger partial charge on any atom is 0.312 e. The number of hydrogen-bond acceptors (Lipinski definition) is 3. The van der Waals surface area contributed by atoms with Crippen molar-refractivity contribution in [3.8, 4) is 0 Å². The fourth-order valence-corrected chi connectivity index (χ4v) is 2.93. The van der Waals surface area contributed by atoms with Gasteiger partial charge in [-0.15, -0.1) is 0 Å². The Morgan fingerprint density at radius 1 is 1.45 bits per heavy atom. The van der Waals surface area contributed by atoms with Crippen LogP contribution in [0, 0.1) is 5.41 Å². The molecule has 3 atom stereocenters. The molecular weight excluding hydrogens is 254 g/mol. The molecule has 0 aromatic heterocycles. The summed E-state index contributed by atoms with van der Waals surface area (Å²) in [6.07, 6.45) is 1.19. The summed E-state index contributed by atoms with van der Waals surface area (Å²) in [7, 11) is 1.73. The zero-order valence-corrected chi connectivity index (χ0v) is 12.3. The summed E-state index contributed by atoms with van der Waals surface area (Å²) >= 11 is 0. The molecule has 0 aliphatic heterocycles. The first kappa shape index (κ1) is 15.0. The molecule has 1 aliphatic rings. The van der Waals surface area contributed by atoms with Crippen LogP contribution in [0.15, 0.2) is 30.3 Å². The standard InChI is InChI=1S/C16H23NO3/c1-16(2)13(9-14(16)20-3)17-10-12(15(18)19)11-7-5-4-6-8-11/h4-8,12-14,17H,9-10H2,1-3H3,(H,18,19). The molecule has 0 spiro atoms. The van der Waals surface area contributed by atoms with Crippen LogP contribution in [0.25, 0.3) is 0 Å². The predicted octanol–water partition coefficient (Wildman–Crippen LogP) is 2.26. The molecule has 0 saturated heterocycles. The average molecular weight is 277 g/mol. The monoisotopic (exact) mass is 277 g/mol. The molecule has 0 radical (unpaired) electrons. The van der Waals surface area contributed by atoms with Crippen LogP contribution in [-0.4, -0.2) is 36.9 Å². The second-order valence-corrected chi connectivity index (χ2v) is 6.04. The van der Waals surface area contributed by atoms with Crippen LogP contribution < -0.4 is 5.32 Å². The summed E-state index contributed by atoms with van der Waals surface area (Å²) in [6, 6.07) is 9.68. The Labute approximate surface area is 120 Å². The molecule has 0 bridgehead atoms. The number of carbonyl (C=O) groups is 1. The van der Waals surface area contributed by atoms with Gasteiger partial charge in [-0.25, -0.2) is 0 Å². The molecule has 4 heteroatoms. The third-order valence-corrected chi connectivity index (χ3v) is 4.53. The van der Waals surface area contributed by atoms with Crippen molar-refractivity contribution in [1.29, 1.82) is 0 Å². The van der Waals surface area contributed by atoms with Crippen molar-refractivity contribution in [2.45, 2.75) is 38.3 Å². The smallest absolute Gasteiger partial charge is 0.312 e. The van der Waals surface area contributed by atoms with Crippen molar-refractivity contribution in [3.63, 3.8) is 0 Å². The van der Waals surface area contributed by atoms with Gasteiger partial charge in [0.15, 0.2) is 0 Å². The van der Waals surface area contributed by atoms with E-state index in [1.165, 1.54) is 0 Å². The highest BCUT2D eigenvalue weighted by Gasteiger charge is 2.48. The zero-order chi connectivity index (χ0) is 14.8. The molecule has 1 aromatic carbocycles. The Morgan fingerprint density at radius 3 is 2.60 bits per heavy atom. The SMILES string of the molecule is COC1CC(NCC(C(=O)O)c2ccccc2)C1(C)C. The fraction of sp³-hybridized carbons (Fsp3) is 0.562. The molecule has 2 rings (SSSR count). The van der Waals surface area contributed by atoms with Crippen LogP contribution in [-0.2, 0) is 9.53 Å². The van der Waals surface area contributed by atoms with E-state index in [-0.39, 0.29) is 11.5 Å². The number of rotatable bonds is 6. The highest BCUT2D eigenvalue weighted by atomic mass is 16.5. The molecule has 110 valence electrons. The van der Waals surface area contributed by atoms with Gasteiger partial charge in [0.1, 0.15) is 0 Å².